The van der Waals surface area contributed by atoms with E-state index in [0.29, 0.717) is 5.56 Å². The third-order valence-corrected chi connectivity index (χ3v) is 5.79. The number of nitrogens with zero attached hydrogens (tertiary/aromatic N) is 4. The number of nitriles is 1. The van der Waals surface area contributed by atoms with E-state index in [9.17, 15) is 23.6 Å². The molecule has 10 nitrogen and oxygen atoms in total. The molecule has 0 saturated carbocycles. The van der Waals surface area contributed by atoms with Crippen molar-refractivity contribution in [2.75, 3.05) is 11.6 Å². The number of aryl methyl sites for hydroxylation is 1. The van der Waals surface area contributed by atoms with Crippen LogP contribution in [0, 0.1) is 24.2 Å². The fraction of sp³-hybridized carbons (Fsp3) is 0.211. The van der Waals surface area contributed by atoms with Crippen molar-refractivity contribution in [2.45, 2.75) is 17.9 Å². The van der Waals surface area contributed by atoms with Crippen LogP contribution >= 0.6 is 11.6 Å². The normalized spacial score (nSPS) is 13.3. The fourth-order valence-electron chi connectivity index (χ4n) is 2.78. The predicted molar refractivity (Wildman–Crippen MR) is 110 cm³/mol. The molecule has 1 aromatic carbocycles. The van der Waals surface area contributed by atoms with Crippen molar-refractivity contribution in [3.8, 4) is 17.3 Å². The molecule has 0 aliphatic rings. The Balaban J connectivity index is 1.97. The molecular formula is C19H16ClN5O5S. The van der Waals surface area contributed by atoms with Gasteiger partial charge in [0.2, 0.25) is 11.9 Å². The fourth-order valence-corrected chi connectivity index (χ4v) is 3.76. The van der Waals surface area contributed by atoms with E-state index in [-0.39, 0.29) is 32.9 Å². The number of carbonyl (C=O) groups excluding carboxylic acids is 1. The van der Waals surface area contributed by atoms with Gasteiger partial charge in [0.1, 0.15) is 16.8 Å². The molecule has 0 radical (unpaired) electrons. The average Bonchev–Trinajstić information content (AvgIpc) is 3.14. The van der Waals surface area contributed by atoms with Gasteiger partial charge in [0.25, 0.3) is 0 Å². The Hall–Kier alpha value is -3.33. The zero-order chi connectivity index (χ0) is 22.8. The average molecular weight is 462 g/mol. The van der Waals surface area contributed by atoms with Gasteiger partial charge in [-0.1, -0.05) is 35.0 Å². The molecule has 2 unspecified atom stereocenters. The number of carbonyl (C=O) groups is 1. The molecule has 160 valence electrons. The molecule has 2 aromatic heterocycles. The third kappa shape index (κ3) is 4.72. The van der Waals surface area contributed by atoms with Crippen molar-refractivity contribution < 1.29 is 22.8 Å². The van der Waals surface area contributed by atoms with Crippen LogP contribution in [0.25, 0.3) is 11.3 Å². The van der Waals surface area contributed by atoms with Crippen LogP contribution in [0.5, 0.6) is 0 Å². The summed E-state index contributed by atoms with van der Waals surface area (Å²) in [4.78, 5) is 20.4. The lowest BCUT2D eigenvalue weighted by Crippen LogP contribution is -2.28. The molecule has 0 fully saturated rings. The lowest BCUT2D eigenvalue weighted by atomic mass is 9.97. The van der Waals surface area contributed by atoms with Crippen molar-refractivity contribution in [1.82, 2.24) is 15.1 Å². The number of benzene rings is 1. The third-order valence-electron chi connectivity index (χ3n) is 4.36. The van der Waals surface area contributed by atoms with Gasteiger partial charge in [-0.3, -0.25) is 10.1 Å². The van der Waals surface area contributed by atoms with Gasteiger partial charge in [-0.05, 0) is 13.0 Å². The molecule has 0 aliphatic carbocycles. The number of hydrogen-bond donors (Lipinski definition) is 2. The largest absolute Gasteiger partial charge is 0.386 e. The number of sulfone groups is 1. The summed E-state index contributed by atoms with van der Waals surface area (Å²) >= 11 is 6.19. The summed E-state index contributed by atoms with van der Waals surface area (Å²) in [5, 5.41) is 25.9. The number of hydrogen-bond acceptors (Lipinski definition) is 9. The highest BCUT2D eigenvalue weighted by Gasteiger charge is 2.31. The highest BCUT2D eigenvalue weighted by molar-refractivity contribution is 7.90. The molecule has 0 aliphatic heterocycles. The smallest absolute Gasteiger partial charge is 0.247 e. The number of aliphatic hydroxyl groups is 1. The first-order valence-corrected chi connectivity index (χ1v) is 11.0. The van der Waals surface area contributed by atoms with E-state index in [1.54, 1.807) is 30.3 Å². The maximum Gasteiger partial charge on any atom is 0.247 e. The van der Waals surface area contributed by atoms with Gasteiger partial charge >= 0.3 is 0 Å². The molecule has 12 heteroatoms. The van der Waals surface area contributed by atoms with E-state index in [4.69, 9.17) is 16.1 Å². The van der Waals surface area contributed by atoms with E-state index in [1.165, 1.54) is 13.1 Å². The molecule has 0 spiro atoms. The van der Waals surface area contributed by atoms with Crippen molar-refractivity contribution >= 4 is 33.3 Å². The summed E-state index contributed by atoms with van der Waals surface area (Å²) < 4.78 is 29.2. The van der Waals surface area contributed by atoms with E-state index in [2.05, 4.69) is 20.4 Å². The Labute approximate surface area is 182 Å². The van der Waals surface area contributed by atoms with Crippen LogP contribution in [0.4, 0.5) is 5.95 Å². The van der Waals surface area contributed by atoms with Crippen LogP contribution < -0.4 is 5.32 Å². The Bertz CT molecular complexity index is 1280. The zero-order valence-electron chi connectivity index (χ0n) is 16.3. The van der Waals surface area contributed by atoms with Crippen LogP contribution in [-0.4, -0.2) is 40.8 Å². The van der Waals surface area contributed by atoms with E-state index >= 15 is 0 Å². The Kier molecular flexibility index (Phi) is 6.35. The van der Waals surface area contributed by atoms with Gasteiger partial charge < -0.3 is 9.63 Å². The number of nitrogens with one attached hydrogen (secondary N) is 1. The van der Waals surface area contributed by atoms with Gasteiger partial charge in [0, 0.05) is 17.4 Å². The maximum absolute atomic E-state index is 12.6. The summed E-state index contributed by atoms with van der Waals surface area (Å²) in [6, 6.07) is 8.18. The number of anilines is 1. The molecule has 0 bridgehead atoms. The predicted octanol–water partition coefficient (Wildman–Crippen LogP) is 2.31. The summed E-state index contributed by atoms with van der Waals surface area (Å²) in [5.74, 6) is -2.43. The monoisotopic (exact) mass is 461 g/mol. The quantitative estimate of drug-likeness (QED) is 0.561. The van der Waals surface area contributed by atoms with Gasteiger partial charge in [-0.2, -0.15) is 5.26 Å². The highest BCUT2D eigenvalue weighted by Crippen LogP contribution is 2.32. The number of halogens is 1. The maximum atomic E-state index is 12.6. The number of rotatable bonds is 6. The van der Waals surface area contributed by atoms with E-state index < -0.39 is 27.8 Å². The highest BCUT2D eigenvalue weighted by atomic mass is 35.5. The number of amides is 1. The van der Waals surface area contributed by atoms with Gasteiger partial charge in [0.05, 0.1) is 29.2 Å². The molecule has 2 heterocycles. The lowest BCUT2D eigenvalue weighted by Gasteiger charge is -2.16. The summed E-state index contributed by atoms with van der Waals surface area (Å²) in [6.07, 6.45) is 1.74. The van der Waals surface area contributed by atoms with Crippen LogP contribution in [0.1, 0.15) is 17.4 Å². The summed E-state index contributed by atoms with van der Waals surface area (Å²) in [6.45, 7) is 1.53. The second-order valence-electron chi connectivity index (χ2n) is 6.54. The number of aromatic nitrogens is 3. The molecule has 2 atom stereocenters. The van der Waals surface area contributed by atoms with Crippen molar-refractivity contribution in [3.63, 3.8) is 0 Å². The summed E-state index contributed by atoms with van der Waals surface area (Å²) in [5.41, 5.74) is 0.494. The standard InChI is InChI=1S/C19H16ClN5O5S/c1-10-13(8-23-30-10)17(26)12(7-21)18(27)25-19-22-9-15(31(2,28)29)16(24-19)11-5-3-4-6-14(11)20/h3-6,8-9,12,17,26H,1-2H3,(H,22,24,25,27). The Morgan fingerprint density at radius 2 is 2.03 bits per heavy atom. The first-order chi connectivity index (χ1) is 14.6. The zero-order valence-corrected chi connectivity index (χ0v) is 17.8. The Morgan fingerprint density at radius 3 is 2.61 bits per heavy atom. The number of aliphatic hydroxyl groups excluding tert-OH is 1. The topological polar surface area (TPSA) is 159 Å². The molecule has 3 aromatic rings. The molecule has 31 heavy (non-hydrogen) atoms. The van der Waals surface area contributed by atoms with Crippen LogP contribution in [-0.2, 0) is 14.6 Å². The van der Waals surface area contributed by atoms with Crippen LogP contribution in [0.15, 0.2) is 46.1 Å². The van der Waals surface area contributed by atoms with E-state index in [1.807, 2.05) is 0 Å². The molecule has 2 N–H and O–H groups in total. The second kappa shape index (κ2) is 8.81. The minimum Gasteiger partial charge on any atom is -0.386 e. The van der Waals surface area contributed by atoms with Gasteiger partial charge in [0.15, 0.2) is 15.8 Å². The van der Waals surface area contributed by atoms with E-state index in [0.717, 1.165) is 12.5 Å². The first kappa shape index (κ1) is 22.4. The SMILES string of the molecule is Cc1oncc1C(O)C(C#N)C(=O)Nc1ncc(S(C)(=O)=O)c(-c2ccccc2Cl)n1. The molecule has 3 rings (SSSR count). The molecule has 0 saturated heterocycles. The van der Waals surface area contributed by atoms with Crippen LogP contribution in [0.2, 0.25) is 5.02 Å². The lowest BCUT2D eigenvalue weighted by molar-refractivity contribution is -0.121. The molecule has 1 amide bonds. The van der Waals surface area contributed by atoms with Gasteiger partial charge in [-0.15, -0.1) is 0 Å². The first-order valence-electron chi connectivity index (χ1n) is 8.75. The van der Waals surface area contributed by atoms with Crippen molar-refractivity contribution in [1.29, 1.82) is 5.26 Å². The Morgan fingerprint density at radius 1 is 1.32 bits per heavy atom. The summed E-state index contributed by atoms with van der Waals surface area (Å²) in [7, 11) is -3.72. The second-order valence-corrected chi connectivity index (χ2v) is 8.93. The van der Waals surface area contributed by atoms with Gasteiger partial charge in [-0.25, -0.2) is 18.4 Å². The van der Waals surface area contributed by atoms with Crippen molar-refractivity contribution in [3.05, 3.63) is 53.0 Å². The van der Waals surface area contributed by atoms with Crippen LogP contribution in [0.3, 0.4) is 0 Å². The minimum absolute atomic E-state index is 0.0117. The molecular weight excluding hydrogens is 446 g/mol. The minimum atomic E-state index is -3.72. The van der Waals surface area contributed by atoms with Crippen molar-refractivity contribution in [2.24, 2.45) is 5.92 Å².